The van der Waals surface area contributed by atoms with Crippen LogP contribution in [0.25, 0.3) is 0 Å². The predicted octanol–water partition coefficient (Wildman–Crippen LogP) is 2.53. The number of nitrogens with one attached hydrogen (secondary N) is 1. The molecule has 0 saturated heterocycles. The van der Waals surface area contributed by atoms with Gasteiger partial charge in [-0.05, 0) is 25.8 Å². The normalized spacial score (nSPS) is 14.1. The average molecular weight is 413 g/mol. The molecule has 0 aliphatic carbocycles. The van der Waals surface area contributed by atoms with Crippen LogP contribution in [0.2, 0.25) is 0 Å². The lowest BCUT2D eigenvalue weighted by atomic mass is 9.93. The molecule has 0 bridgehead atoms. The van der Waals surface area contributed by atoms with Gasteiger partial charge in [-0.15, -0.1) is 0 Å². The molecule has 1 aromatic carbocycles. The van der Waals surface area contributed by atoms with E-state index in [1.165, 1.54) is 0 Å². The molecule has 0 saturated carbocycles. The minimum Gasteiger partial charge on any atom is -0.367 e. The molecule has 0 spiro atoms. The first-order valence-electron chi connectivity index (χ1n) is 8.95. The van der Waals surface area contributed by atoms with E-state index in [9.17, 15) is 23.3 Å². The Morgan fingerprint density at radius 1 is 1.29 bits per heavy atom. The van der Waals surface area contributed by atoms with Crippen LogP contribution in [-0.4, -0.2) is 45.2 Å². The van der Waals surface area contributed by atoms with E-state index >= 15 is 0 Å². The molecule has 10 heteroatoms. The number of nitro benzene ring substituents is 1. The summed E-state index contributed by atoms with van der Waals surface area (Å²) in [5.41, 5.74) is 2.17. The maximum absolute atomic E-state index is 12.6. The molecule has 0 aromatic heterocycles. The molecule has 0 unspecified atom stereocenters. The maximum Gasteiger partial charge on any atom is 0.277 e. The zero-order valence-electron chi connectivity index (χ0n) is 17.1. The van der Waals surface area contributed by atoms with E-state index in [1.807, 2.05) is 4.90 Å². The Hall–Kier alpha value is -2.20. The first-order chi connectivity index (χ1) is 12.7. The molecule has 28 heavy (non-hydrogen) atoms. The van der Waals surface area contributed by atoms with Crippen LogP contribution in [0.1, 0.15) is 37.5 Å². The van der Waals surface area contributed by atoms with Crippen molar-refractivity contribution in [2.45, 2.75) is 41.0 Å². The van der Waals surface area contributed by atoms with Gasteiger partial charge in [-0.1, -0.05) is 20.8 Å². The number of fused-ring (bicyclic) bond motifs is 1. The second-order valence-corrected chi connectivity index (χ2v) is 9.67. The molecule has 1 N–H and O–H groups in total. The number of hydrogen-bond donors (Lipinski definition) is 1. The fraction of sp³-hybridized carbons (Fsp3) is 0.611. The summed E-state index contributed by atoms with van der Waals surface area (Å²) in [6.45, 7) is 9.41. The molecular weight excluding hydrogens is 386 g/mol. The molecular formula is C18H27N3O6S. The second kappa shape index (κ2) is 7.67. The fourth-order valence-corrected chi connectivity index (χ4v) is 3.69. The van der Waals surface area contributed by atoms with Crippen molar-refractivity contribution in [3.05, 3.63) is 26.8 Å². The number of nitro groups is 1. The fourth-order valence-electron chi connectivity index (χ4n) is 3.31. The Kier molecular flexibility index (Phi) is 6.05. The molecule has 1 aliphatic heterocycles. The highest BCUT2D eigenvalue weighted by atomic mass is 32.2. The second-order valence-electron chi connectivity index (χ2n) is 8.03. The Labute approximate surface area is 165 Å². The molecule has 0 radical (unpaired) electrons. The van der Waals surface area contributed by atoms with Crippen LogP contribution in [-0.2, 0) is 25.5 Å². The summed E-state index contributed by atoms with van der Waals surface area (Å²) in [7, 11) is -3.56. The van der Waals surface area contributed by atoms with E-state index in [4.69, 9.17) is 4.18 Å². The summed E-state index contributed by atoms with van der Waals surface area (Å²) in [6.07, 6.45) is 1.55. The van der Waals surface area contributed by atoms with E-state index in [0.29, 0.717) is 35.5 Å². The average Bonchev–Trinajstić information content (AvgIpc) is 2.93. The predicted molar refractivity (Wildman–Crippen MR) is 107 cm³/mol. The summed E-state index contributed by atoms with van der Waals surface area (Å²) in [4.78, 5) is 25.7. The SMILES string of the molecule is Cc1c2c(c(NC(=O)C(C)(C)C)c(C)c1[N+](=O)[O-])N(CCOS(C)(=O)=O)CC2. The zero-order chi connectivity index (χ0) is 21.4. The topological polar surface area (TPSA) is 119 Å². The smallest absolute Gasteiger partial charge is 0.277 e. The quantitative estimate of drug-likeness (QED) is 0.432. The maximum atomic E-state index is 12.6. The monoisotopic (exact) mass is 413 g/mol. The minimum atomic E-state index is -3.56. The number of carbonyl (C=O) groups excluding carboxylic acids is 1. The summed E-state index contributed by atoms with van der Waals surface area (Å²) in [5, 5.41) is 14.5. The van der Waals surface area contributed by atoms with Gasteiger partial charge in [-0.2, -0.15) is 8.42 Å². The lowest BCUT2D eigenvalue weighted by molar-refractivity contribution is -0.386. The van der Waals surface area contributed by atoms with Crippen molar-refractivity contribution >= 4 is 33.1 Å². The summed E-state index contributed by atoms with van der Waals surface area (Å²) < 4.78 is 27.3. The van der Waals surface area contributed by atoms with Crippen molar-refractivity contribution in [2.75, 3.05) is 36.2 Å². The van der Waals surface area contributed by atoms with Gasteiger partial charge in [0, 0.05) is 24.1 Å². The van der Waals surface area contributed by atoms with E-state index in [0.717, 1.165) is 11.8 Å². The van der Waals surface area contributed by atoms with Crippen LogP contribution >= 0.6 is 0 Å². The third-order valence-corrected chi connectivity index (χ3v) is 5.36. The number of benzene rings is 1. The standard InChI is InChI=1S/C18H27N3O6S/c1-11-13-7-8-20(9-10-27-28(6,25)26)16(13)14(12(2)15(11)21(23)24)19-17(22)18(3,4)5/h7-10H2,1-6H3,(H,19,22). The molecule has 1 amide bonds. The Balaban J connectivity index is 2.53. The van der Waals surface area contributed by atoms with Crippen molar-refractivity contribution in [2.24, 2.45) is 5.41 Å². The van der Waals surface area contributed by atoms with Crippen LogP contribution in [0.5, 0.6) is 0 Å². The highest BCUT2D eigenvalue weighted by Crippen LogP contribution is 2.45. The first-order valence-corrected chi connectivity index (χ1v) is 10.8. The van der Waals surface area contributed by atoms with Gasteiger partial charge in [0.2, 0.25) is 5.91 Å². The number of hydrogen-bond acceptors (Lipinski definition) is 7. The lowest BCUT2D eigenvalue weighted by Crippen LogP contribution is -2.31. The van der Waals surface area contributed by atoms with E-state index < -0.39 is 20.5 Å². The van der Waals surface area contributed by atoms with E-state index in [1.54, 1.807) is 34.6 Å². The third kappa shape index (κ3) is 4.61. The summed E-state index contributed by atoms with van der Waals surface area (Å²) in [6, 6.07) is 0. The van der Waals surface area contributed by atoms with Gasteiger partial charge in [0.25, 0.3) is 15.8 Å². The molecule has 0 fully saturated rings. The highest BCUT2D eigenvalue weighted by molar-refractivity contribution is 7.85. The Morgan fingerprint density at radius 3 is 2.39 bits per heavy atom. The van der Waals surface area contributed by atoms with E-state index in [2.05, 4.69) is 5.32 Å². The summed E-state index contributed by atoms with van der Waals surface area (Å²) >= 11 is 0. The van der Waals surface area contributed by atoms with Crippen molar-refractivity contribution in [1.29, 1.82) is 0 Å². The van der Waals surface area contributed by atoms with Gasteiger partial charge in [-0.3, -0.25) is 19.1 Å². The summed E-state index contributed by atoms with van der Waals surface area (Å²) in [5.74, 6) is -0.254. The largest absolute Gasteiger partial charge is 0.367 e. The number of rotatable bonds is 6. The van der Waals surface area contributed by atoms with Gasteiger partial charge in [-0.25, -0.2) is 0 Å². The van der Waals surface area contributed by atoms with Crippen LogP contribution in [0.15, 0.2) is 0 Å². The lowest BCUT2D eigenvalue weighted by Gasteiger charge is -2.26. The van der Waals surface area contributed by atoms with Crippen molar-refractivity contribution in [3.63, 3.8) is 0 Å². The third-order valence-electron chi connectivity index (χ3n) is 4.77. The van der Waals surface area contributed by atoms with Crippen LogP contribution in [0.3, 0.4) is 0 Å². The molecule has 9 nitrogen and oxygen atoms in total. The highest BCUT2D eigenvalue weighted by Gasteiger charge is 2.34. The van der Waals surface area contributed by atoms with Crippen molar-refractivity contribution in [3.8, 4) is 0 Å². The van der Waals surface area contributed by atoms with E-state index in [-0.39, 0.29) is 24.7 Å². The van der Waals surface area contributed by atoms with Crippen LogP contribution in [0.4, 0.5) is 17.1 Å². The molecule has 1 aliphatic rings. The van der Waals surface area contributed by atoms with Crippen LogP contribution in [0, 0.1) is 29.4 Å². The van der Waals surface area contributed by atoms with Gasteiger partial charge < -0.3 is 10.2 Å². The van der Waals surface area contributed by atoms with Gasteiger partial charge >= 0.3 is 0 Å². The first kappa shape index (κ1) is 22.1. The van der Waals surface area contributed by atoms with Gasteiger partial charge in [0.1, 0.15) is 0 Å². The molecule has 1 aromatic rings. The number of anilines is 2. The van der Waals surface area contributed by atoms with Crippen molar-refractivity contribution in [1.82, 2.24) is 0 Å². The Bertz CT molecular complexity index is 918. The van der Waals surface area contributed by atoms with Gasteiger partial charge in [0.15, 0.2) is 0 Å². The molecule has 156 valence electrons. The number of amides is 1. The number of nitrogens with zero attached hydrogens (tertiary/aromatic N) is 2. The molecule has 0 atom stereocenters. The zero-order valence-corrected chi connectivity index (χ0v) is 17.9. The Morgan fingerprint density at radius 2 is 1.89 bits per heavy atom. The van der Waals surface area contributed by atoms with Gasteiger partial charge in [0.05, 0.1) is 34.7 Å². The minimum absolute atomic E-state index is 0.00260. The van der Waals surface area contributed by atoms with Crippen molar-refractivity contribution < 1.29 is 22.3 Å². The molecule has 1 heterocycles. The number of carbonyl (C=O) groups is 1. The van der Waals surface area contributed by atoms with Crippen LogP contribution < -0.4 is 10.2 Å². The molecule has 2 rings (SSSR count).